The average Bonchev–Trinajstić information content (AvgIpc) is 2.19. The first kappa shape index (κ1) is 13.9. The number of unbranched alkanes of at least 4 members (excludes halogenated alkanes) is 2. The van der Waals surface area contributed by atoms with Crippen molar-refractivity contribution in [2.45, 2.75) is 38.5 Å². The molecule has 0 saturated heterocycles. The van der Waals surface area contributed by atoms with Crippen molar-refractivity contribution in [2.75, 3.05) is 13.2 Å². The molecule has 0 aliphatic rings. The summed E-state index contributed by atoms with van der Waals surface area (Å²) in [5.41, 5.74) is 0. The Kier molecular flexibility index (Phi) is 8.76. The molecule has 0 aromatic carbocycles. The number of aliphatic hydroxyl groups excluding tert-OH is 1. The van der Waals surface area contributed by atoms with E-state index in [0.717, 1.165) is 6.42 Å². The van der Waals surface area contributed by atoms with Crippen LogP contribution >= 0.6 is 0 Å². The number of rotatable bonds is 9. The van der Waals surface area contributed by atoms with Crippen LogP contribution in [-0.2, 0) is 14.3 Å². The van der Waals surface area contributed by atoms with Crippen LogP contribution in [0.1, 0.15) is 38.5 Å². The Balaban J connectivity index is 3.22. The third-order valence-corrected chi connectivity index (χ3v) is 1.84. The van der Waals surface area contributed by atoms with Gasteiger partial charge in [0.15, 0.2) is 0 Å². The molecule has 0 bridgehead atoms. The third kappa shape index (κ3) is 10.8. The van der Waals surface area contributed by atoms with E-state index in [9.17, 15) is 9.59 Å². The largest absolute Gasteiger partial charge is 0.481 e. The highest BCUT2D eigenvalue weighted by molar-refractivity contribution is 5.69. The van der Waals surface area contributed by atoms with Crippen molar-refractivity contribution in [1.29, 1.82) is 0 Å². The number of esters is 1. The van der Waals surface area contributed by atoms with Crippen LogP contribution in [0.4, 0.5) is 0 Å². The van der Waals surface area contributed by atoms with Crippen LogP contribution in [0.25, 0.3) is 0 Å². The number of hydrogen-bond donors (Lipinski definition) is 2. The van der Waals surface area contributed by atoms with Gasteiger partial charge in [-0.3, -0.25) is 9.59 Å². The SMILES string of the molecule is O=C(O)CCCOC(=O)CCCCCO. The number of carbonyl (C=O) groups is 2. The van der Waals surface area contributed by atoms with Gasteiger partial charge in [-0.2, -0.15) is 0 Å². The molecule has 0 aliphatic heterocycles. The van der Waals surface area contributed by atoms with Gasteiger partial charge < -0.3 is 14.9 Å². The van der Waals surface area contributed by atoms with E-state index >= 15 is 0 Å². The summed E-state index contributed by atoms with van der Waals surface area (Å²) in [7, 11) is 0. The van der Waals surface area contributed by atoms with Crippen LogP contribution in [0.5, 0.6) is 0 Å². The lowest BCUT2D eigenvalue weighted by Crippen LogP contribution is -2.07. The first-order chi connectivity index (χ1) is 7.16. The molecule has 0 unspecified atom stereocenters. The summed E-state index contributed by atoms with van der Waals surface area (Å²) in [5, 5.41) is 16.8. The minimum atomic E-state index is -0.881. The highest BCUT2D eigenvalue weighted by atomic mass is 16.5. The van der Waals surface area contributed by atoms with E-state index in [1.807, 2.05) is 0 Å². The van der Waals surface area contributed by atoms with E-state index in [2.05, 4.69) is 0 Å². The molecule has 0 radical (unpaired) electrons. The van der Waals surface area contributed by atoms with E-state index < -0.39 is 5.97 Å². The maximum absolute atomic E-state index is 11.0. The van der Waals surface area contributed by atoms with Crippen molar-refractivity contribution >= 4 is 11.9 Å². The molecule has 0 atom stereocenters. The second kappa shape index (κ2) is 9.45. The summed E-state index contributed by atoms with van der Waals surface area (Å²) in [6.45, 7) is 0.318. The molecule has 0 aliphatic carbocycles. The molecule has 15 heavy (non-hydrogen) atoms. The molecule has 0 spiro atoms. The van der Waals surface area contributed by atoms with Crippen molar-refractivity contribution in [1.82, 2.24) is 0 Å². The molecule has 5 nitrogen and oxygen atoms in total. The number of ether oxygens (including phenoxy) is 1. The zero-order valence-corrected chi connectivity index (χ0v) is 8.78. The molecule has 0 fully saturated rings. The molecular weight excluding hydrogens is 200 g/mol. The lowest BCUT2D eigenvalue weighted by molar-refractivity contribution is -0.145. The molecule has 0 amide bonds. The van der Waals surface area contributed by atoms with Crippen molar-refractivity contribution in [3.8, 4) is 0 Å². The standard InChI is InChI=1S/C10H18O5/c11-7-3-1-2-6-10(14)15-8-4-5-9(12)13/h11H,1-8H2,(H,12,13). The zero-order valence-electron chi connectivity index (χ0n) is 8.78. The number of aliphatic carboxylic acids is 1. The summed E-state index contributed by atoms with van der Waals surface area (Å²) < 4.78 is 4.81. The van der Waals surface area contributed by atoms with Gasteiger partial charge >= 0.3 is 11.9 Å². The van der Waals surface area contributed by atoms with Crippen LogP contribution in [0.3, 0.4) is 0 Å². The molecule has 0 rings (SSSR count). The zero-order chi connectivity index (χ0) is 11.5. The van der Waals surface area contributed by atoms with Gasteiger partial charge in [0.1, 0.15) is 0 Å². The number of carboxylic acid groups (broad SMARTS) is 1. The number of aliphatic hydroxyl groups is 1. The minimum absolute atomic E-state index is 0.0256. The molecule has 0 aromatic heterocycles. The summed E-state index contributed by atoms with van der Waals surface area (Å²) in [6, 6.07) is 0. The quantitative estimate of drug-likeness (QED) is 0.444. The second-order valence-corrected chi connectivity index (χ2v) is 3.25. The Hall–Kier alpha value is -1.10. The maximum atomic E-state index is 11.0. The fraction of sp³-hybridized carbons (Fsp3) is 0.800. The van der Waals surface area contributed by atoms with Gasteiger partial charge in [0.05, 0.1) is 6.61 Å². The van der Waals surface area contributed by atoms with Crippen molar-refractivity contribution < 1.29 is 24.5 Å². The molecule has 88 valence electrons. The Labute approximate surface area is 89.0 Å². The predicted molar refractivity (Wildman–Crippen MR) is 53.4 cm³/mol. The average molecular weight is 218 g/mol. The smallest absolute Gasteiger partial charge is 0.305 e. The van der Waals surface area contributed by atoms with Crippen LogP contribution in [0.2, 0.25) is 0 Å². The van der Waals surface area contributed by atoms with Crippen molar-refractivity contribution in [2.24, 2.45) is 0 Å². The monoisotopic (exact) mass is 218 g/mol. The predicted octanol–water partition coefficient (Wildman–Crippen LogP) is 0.947. The van der Waals surface area contributed by atoms with Gasteiger partial charge in [0, 0.05) is 19.4 Å². The van der Waals surface area contributed by atoms with Gasteiger partial charge in [-0.05, 0) is 19.3 Å². The van der Waals surface area contributed by atoms with Crippen molar-refractivity contribution in [3.05, 3.63) is 0 Å². The molecule has 5 heteroatoms. The normalized spacial score (nSPS) is 9.93. The molecule has 0 saturated carbocycles. The number of hydrogen-bond acceptors (Lipinski definition) is 4. The van der Waals surface area contributed by atoms with E-state index in [0.29, 0.717) is 25.7 Å². The second-order valence-electron chi connectivity index (χ2n) is 3.25. The highest BCUT2D eigenvalue weighted by Gasteiger charge is 2.03. The topological polar surface area (TPSA) is 83.8 Å². The summed E-state index contributed by atoms with van der Waals surface area (Å²) in [6.07, 6.45) is 2.94. The lowest BCUT2D eigenvalue weighted by Gasteiger charge is -2.03. The highest BCUT2D eigenvalue weighted by Crippen LogP contribution is 2.01. The fourth-order valence-corrected chi connectivity index (χ4v) is 1.04. The third-order valence-electron chi connectivity index (χ3n) is 1.84. The van der Waals surface area contributed by atoms with E-state index in [-0.39, 0.29) is 25.6 Å². The maximum Gasteiger partial charge on any atom is 0.305 e. The summed E-state index contributed by atoms with van der Waals surface area (Å²) in [4.78, 5) is 21.1. The van der Waals surface area contributed by atoms with E-state index in [1.54, 1.807) is 0 Å². The molecule has 0 heterocycles. The molecule has 2 N–H and O–H groups in total. The minimum Gasteiger partial charge on any atom is -0.481 e. The number of carboxylic acids is 1. The van der Waals surface area contributed by atoms with Gasteiger partial charge in [-0.1, -0.05) is 6.42 Å². The van der Waals surface area contributed by atoms with Crippen LogP contribution < -0.4 is 0 Å². The van der Waals surface area contributed by atoms with Gasteiger partial charge in [0.2, 0.25) is 0 Å². The van der Waals surface area contributed by atoms with Crippen LogP contribution in [-0.4, -0.2) is 35.4 Å². The van der Waals surface area contributed by atoms with Crippen LogP contribution in [0, 0.1) is 0 Å². The summed E-state index contributed by atoms with van der Waals surface area (Å²) >= 11 is 0. The number of carbonyl (C=O) groups excluding carboxylic acids is 1. The Bertz CT molecular complexity index is 190. The lowest BCUT2D eigenvalue weighted by atomic mass is 10.2. The Morgan fingerprint density at radius 2 is 1.73 bits per heavy atom. The Morgan fingerprint density at radius 1 is 1.00 bits per heavy atom. The summed E-state index contributed by atoms with van der Waals surface area (Å²) in [5.74, 6) is -1.17. The van der Waals surface area contributed by atoms with E-state index in [1.165, 1.54) is 0 Å². The fourth-order valence-electron chi connectivity index (χ4n) is 1.04. The van der Waals surface area contributed by atoms with Gasteiger partial charge in [0.25, 0.3) is 0 Å². The van der Waals surface area contributed by atoms with Gasteiger partial charge in [-0.15, -0.1) is 0 Å². The first-order valence-corrected chi connectivity index (χ1v) is 5.15. The van der Waals surface area contributed by atoms with Gasteiger partial charge in [-0.25, -0.2) is 0 Å². The first-order valence-electron chi connectivity index (χ1n) is 5.15. The van der Waals surface area contributed by atoms with Crippen molar-refractivity contribution in [3.63, 3.8) is 0 Å². The molecule has 0 aromatic rings. The molecular formula is C10H18O5. The Morgan fingerprint density at radius 3 is 2.33 bits per heavy atom. The van der Waals surface area contributed by atoms with E-state index in [4.69, 9.17) is 14.9 Å². The van der Waals surface area contributed by atoms with Crippen LogP contribution in [0.15, 0.2) is 0 Å².